The van der Waals surface area contributed by atoms with Crippen molar-refractivity contribution < 1.29 is 9.47 Å². The van der Waals surface area contributed by atoms with Crippen LogP contribution in [0.2, 0.25) is 0 Å². The van der Waals surface area contributed by atoms with Crippen LogP contribution in [0, 0.1) is 11.3 Å². The van der Waals surface area contributed by atoms with E-state index in [1.807, 2.05) is 30.3 Å². The van der Waals surface area contributed by atoms with Crippen LogP contribution >= 0.6 is 0 Å². The Hall–Kier alpha value is -2.45. The average molecular weight is 255 g/mol. The van der Waals surface area contributed by atoms with E-state index in [9.17, 15) is 0 Å². The summed E-state index contributed by atoms with van der Waals surface area (Å²) in [6, 6.07) is 11.2. The molecule has 1 heterocycles. The first-order valence-corrected chi connectivity index (χ1v) is 5.80. The molecule has 2 rings (SSSR count). The van der Waals surface area contributed by atoms with Crippen LogP contribution in [0.4, 0.5) is 0 Å². The summed E-state index contributed by atoms with van der Waals surface area (Å²) >= 11 is 0. The second kappa shape index (κ2) is 6.47. The third kappa shape index (κ3) is 3.76. The molecule has 0 bridgehead atoms. The zero-order valence-electron chi connectivity index (χ0n) is 10.5. The van der Waals surface area contributed by atoms with Crippen molar-refractivity contribution in [3.05, 3.63) is 47.8 Å². The highest BCUT2D eigenvalue weighted by Crippen LogP contribution is 2.18. The van der Waals surface area contributed by atoms with E-state index in [1.165, 1.54) is 17.8 Å². The fourth-order valence-electron chi connectivity index (χ4n) is 1.50. The third-order valence-electron chi connectivity index (χ3n) is 2.48. The summed E-state index contributed by atoms with van der Waals surface area (Å²) in [4.78, 5) is 7.89. The van der Waals surface area contributed by atoms with Gasteiger partial charge >= 0.3 is 6.01 Å². The number of hydrogen-bond acceptors (Lipinski definition) is 5. The Morgan fingerprint density at radius 1 is 1.21 bits per heavy atom. The molecule has 5 heteroatoms. The van der Waals surface area contributed by atoms with Gasteiger partial charge < -0.3 is 9.47 Å². The van der Waals surface area contributed by atoms with Gasteiger partial charge in [-0.05, 0) is 30.2 Å². The van der Waals surface area contributed by atoms with Gasteiger partial charge in [0.15, 0.2) is 0 Å². The van der Waals surface area contributed by atoms with E-state index in [0.29, 0.717) is 12.4 Å². The lowest BCUT2D eigenvalue weighted by Gasteiger charge is -2.05. The molecule has 0 N–H and O–H groups in total. The lowest BCUT2D eigenvalue weighted by atomic mass is 10.1. The molecular weight excluding hydrogens is 242 g/mol. The number of aromatic nitrogens is 2. The maximum absolute atomic E-state index is 8.74. The van der Waals surface area contributed by atoms with Crippen LogP contribution in [-0.4, -0.2) is 23.7 Å². The van der Waals surface area contributed by atoms with Crippen LogP contribution < -0.4 is 4.74 Å². The second-order valence-electron chi connectivity index (χ2n) is 3.83. The Bertz CT molecular complexity index is 576. The Labute approximate surface area is 111 Å². The Balaban J connectivity index is 2.04. The first-order chi connectivity index (χ1) is 9.31. The van der Waals surface area contributed by atoms with E-state index in [2.05, 4.69) is 9.97 Å². The van der Waals surface area contributed by atoms with Gasteiger partial charge in [0.05, 0.1) is 6.61 Å². The van der Waals surface area contributed by atoms with Crippen LogP contribution in [0.1, 0.15) is 11.3 Å². The standard InChI is InChI=1S/C14H13N3O2/c1-18-9-7-11-2-4-13(5-3-11)19-14-16-8-6-12(10-15)17-14/h2-6,8H,7,9H2,1H3. The van der Waals surface area contributed by atoms with Gasteiger partial charge in [-0.2, -0.15) is 10.2 Å². The van der Waals surface area contributed by atoms with Crippen molar-refractivity contribution in [2.24, 2.45) is 0 Å². The minimum Gasteiger partial charge on any atom is -0.424 e. The monoisotopic (exact) mass is 255 g/mol. The molecule has 0 spiro atoms. The smallest absolute Gasteiger partial charge is 0.323 e. The van der Waals surface area contributed by atoms with Crippen LogP contribution in [0.5, 0.6) is 11.8 Å². The molecule has 0 aliphatic heterocycles. The summed E-state index contributed by atoms with van der Waals surface area (Å²) in [7, 11) is 1.68. The summed E-state index contributed by atoms with van der Waals surface area (Å²) in [6.45, 7) is 0.688. The quantitative estimate of drug-likeness (QED) is 0.820. The van der Waals surface area contributed by atoms with Gasteiger partial charge in [0.2, 0.25) is 0 Å². The predicted octanol–water partition coefficient (Wildman–Crippen LogP) is 2.33. The van der Waals surface area contributed by atoms with Crippen LogP contribution in [0.3, 0.4) is 0 Å². The average Bonchev–Trinajstić information content (AvgIpc) is 2.47. The van der Waals surface area contributed by atoms with Crippen molar-refractivity contribution in [3.8, 4) is 17.8 Å². The number of hydrogen-bond donors (Lipinski definition) is 0. The SMILES string of the molecule is COCCc1ccc(Oc2nccc(C#N)n2)cc1. The van der Waals surface area contributed by atoms with Gasteiger partial charge in [-0.3, -0.25) is 0 Å². The van der Waals surface area contributed by atoms with Crippen molar-refractivity contribution in [3.63, 3.8) is 0 Å². The zero-order chi connectivity index (χ0) is 13.5. The lowest BCUT2D eigenvalue weighted by molar-refractivity contribution is 0.202. The fourth-order valence-corrected chi connectivity index (χ4v) is 1.50. The topological polar surface area (TPSA) is 68.0 Å². The van der Waals surface area contributed by atoms with E-state index in [0.717, 1.165) is 6.42 Å². The number of rotatable bonds is 5. The van der Waals surface area contributed by atoms with Gasteiger partial charge in [0.25, 0.3) is 0 Å². The molecule has 0 amide bonds. The largest absolute Gasteiger partial charge is 0.424 e. The molecule has 1 aromatic heterocycles. The Kier molecular flexibility index (Phi) is 4.43. The molecule has 5 nitrogen and oxygen atoms in total. The van der Waals surface area contributed by atoms with E-state index < -0.39 is 0 Å². The van der Waals surface area contributed by atoms with E-state index in [-0.39, 0.29) is 11.7 Å². The summed E-state index contributed by atoms with van der Waals surface area (Å²) < 4.78 is 10.5. The molecule has 0 saturated heterocycles. The number of nitrogens with zero attached hydrogens (tertiary/aromatic N) is 3. The first kappa shape index (κ1) is 13.0. The van der Waals surface area contributed by atoms with Crippen molar-refractivity contribution in [2.45, 2.75) is 6.42 Å². The number of nitriles is 1. The van der Waals surface area contributed by atoms with Gasteiger partial charge in [-0.25, -0.2) is 4.98 Å². The summed E-state index contributed by atoms with van der Waals surface area (Å²) in [5, 5.41) is 8.74. The number of benzene rings is 1. The lowest BCUT2D eigenvalue weighted by Crippen LogP contribution is -1.95. The van der Waals surface area contributed by atoms with Gasteiger partial charge in [0, 0.05) is 13.3 Å². The van der Waals surface area contributed by atoms with E-state index >= 15 is 0 Å². The molecule has 0 aliphatic carbocycles. The molecule has 2 aromatic rings. The van der Waals surface area contributed by atoms with Crippen molar-refractivity contribution >= 4 is 0 Å². The predicted molar refractivity (Wildman–Crippen MR) is 68.8 cm³/mol. The minimum absolute atomic E-state index is 0.170. The minimum atomic E-state index is 0.170. The third-order valence-corrected chi connectivity index (χ3v) is 2.48. The molecule has 96 valence electrons. The maximum atomic E-state index is 8.74. The molecule has 0 atom stereocenters. The molecule has 1 aromatic carbocycles. The van der Waals surface area contributed by atoms with Crippen molar-refractivity contribution in [1.82, 2.24) is 9.97 Å². The van der Waals surface area contributed by atoms with Crippen molar-refractivity contribution in [1.29, 1.82) is 5.26 Å². The molecule has 0 radical (unpaired) electrons. The second-order valence-corrected chi connectivity index (χ2v) is 3.83. The van der Waals surface area contributed by atoms with E-state index in [1.54, 1.807) is 7.11 Å². The normalized spacial score (nSPS) is 9.89. The highest BCUT2D eigenvalue weighted by atomic mass is 16.5. The molecule has 0 aliphatic rings. The summed E-state index contributed by atoms with van der Waals surface area (Å²) in [6.07, 6.45) is 2.35. The first-order valence-electron chi connectivity index (χ1n) is 5.80. The van der Waals surface area contributed by atoms with Crippen molar-refractivity contribution in [2.75, 3.05) is 13.7 Å². The van der Waals surface area contributed by atoms with Crippen LogP contribution in [-0.2, 0) is 11.2 Å². The molecule has 0 unspecified atom stereocenters. The molecule has 19 heavy (non-hydrogen) atoms. The van der Waals surface area contributed by atoms with Gasteiger partial charge in [-0.15, -0.1) is 0 Å². The molecule has 0 saturated carbocycles. The van der Waals surface area contributed by atoms with Crippen LogP contribution in [0.25, 0.3) is 0 Å². The summed E-state index contributed by atoms with van der Waals surface area (Å²) in [5.41, 5.74) is 1.45. The zero-order valence-corrected chi connectivity index (χ0v) is 10.5. The molecular formula is C14H13N3O2. The number of ether oxygens (including phenoxy) is 2. The highest BCUT2D eigenvalue weighted by molar-refractivity contribution is 5.30. The van der Waals surface area contributed by atoms with Gasteiger partial charge in [0.1, 0.15) is 17.5 Å². The maximum Gasteiger partial charge on any atom is 0.323 e. The Morgan fingerprint density at radius 2 is 2.00 bits per heavy atom. The highest BCUT2D eigenvalue weighted by Gasteiger charge is 2.02. The van der Waals surface area contributed by atoms with E-state index in [4.69, 9.17) is 14.7 Å². The van der Waals surface area contributed by atoms with Gasteiger partial charge in [-0.1, -0.05) is 12.1 Å². The summed E-state index contributed by atoms with van der Waals surface area (Å²) in [5.74, 6) is 0.635. The Morgan fingerprint density at radius 3 is 2.68 bits per heavy atom. The fraction of sp³-hybridized carbons (Fsp3) is 0.214. The van der Waals surface area contributed by atoms with Crippen LogP contribution in [0.15, 0.2) is 36.5 Å². The number of methoxy groups -OCH3 is 1. The molecule has 0 fully saturated rings.